The van der Waals surface area contributed by atoms with Crippen molar-refractivity contribution in [2.45, 2.75) is 26.0 Å². The fourth-order valence-electron chi connectivity index (χ4n) is 3.77. The summed E-state index contributed by atoms with van der Waals surface area (Å²) in [4.78, 5) is 12.1. The van der Waals surface area contributed by atoms with Crippen molar-refractivity contribution in [1.82, 2.24) is 15.1 Å². The van der Waals surface area contributed by atoms with Crippen molar-refractivity contribution < 1.29 is 23.0 Å². The van der Waals surface area contributed by atoms with Crippen LogP contribution in [0.4, 0.5) is 8.78 Å². The van der Waals surface area contributed by atoms with Crippen LogP contribution in [0.2, 0.25) is 0 Å². The van der Waals surface area contributed by atoms with Crippen molar-refractivity contribution in [2.24, 2.45) is 0 Å². The van der Waals surface area contributed by atoms with E-state index >= 15 is 0 Å². The third-order valence-corrected chi connectivity index (χ3v) is 5.52. The van der Waals surface area contributed by atoms with E-state index in [0.717, 1.165) is 16.6 Å². The van der Waals surface area contributed by atoms with E-state index in [2.05, 4.69) is 10.4 Å². The molecule has 0 fully saturated rings. The summed E-state index contributed by atoms with van der Waals surface area (Å²) in [6, 6.07) is 15.9. The molecule has 2 unspecified atom stereocenters. The van der Waals surface area contributed by atoms with Gasteiger partial charge >= 0.3 is 0 Å². The first-order valence-electron chi connectivity index (χ1n) is 10.8. The van der Waals surface area contributed by atoms with Crippen LogP contribution in [0.3, 0.4) is 0 Å². The highest BCUT2D eigenvalue weighted by molar-refractivity contribution is 5.81. The minimum atomic E-state index is -0.652. The Kier molecular flexibility index (Phi) is 6.88. The van der Waals surface area contributed by atoms with Gasteiger partial charge in [-0.1, -0.05) is 12.1 Å². The van der Waals surface area contributed by atoms with E-state index in [-0.39, 0.29) is 24.1 Å². The Labute approximate surface area is 196 Å². The number of carbonyl (C=O) groups excluding carboxylic acids is 1. The lowest BCUT2D eigenvalue weighted by molar-refractivity contribution is -0.126. The normalized spacial score (nSPS) is 13.0. The number of carbonyl (C=O) groups is 1. The molecule has 1 N–H and O–H groups in total. The maximum absolute atomic E-state index is 14.3. The van der Waals surface area contributed by atoms with Crippen molar-refractivity contribution >= 4 is 16.8 Å². The van der Waals surface area contributed by atoms with Gasteiger partial charge in [-0.2, -0.15) is 5.10 Å². The van der Waals surface area contributed by atoms with Crippen LogP contribution in [0.5, 0.6) is 5.75 Å². The zero-order valence-electron chi connectivity index (χ0n) is 19.1. The van der Waals surface area contributed by atoms with Gasteiger partial charge in [0.2, 0.25) is 5.91 Å². The van der Waals surface area contributed by atoms with Crippen molar-refractivity contribution in [2.75, 3.05) is 13.7 Å². The van der Waals surface area contributed by atoms with E-state index in [1.165, 1.54) is 25.3 Å². The van der Waals surface area contributed by atoms with Crippen LogP contribution in [0.1, 0.15) is 24.2 Å². The molecule has 0 aliphatic rings. The first-order valence-corrected chi connectivity index (χ1v) is 10.8. The predicted molar refractivity (Wildman–Crippen MR) is 125 cm³/mol. The van der Waals surface area contributed by atoms with Gasteiger partial charge in [0.1, 0.15) is 30.1 Å². The van der Waals surface area contributed by atoms with Gasteiger partial charge in [0, 0.05) is 12.5 Å². The molecule has 0 aliphatic carbocycles. The third kappa shape index (κ3) is 5.07. The summed E-state index contributed by atoms with van der Waals surface area (Å²) in [5.74, 6) is -0.434. The number of hydrogen-bond acceptors (Lipinski definition) is 4. The molecule has 0 aliphatic heterocycles. The summed E-state index contributed by atoms with van der Waals surface area (Å²) in [6.45, 7) is 3.39. The highest BCUT2D eigenvalue weighted by atomic mass is 19.1. The summed E-state index contributed by atoms with van der Waals surface area (Å²) < 4.78 is 40.5. The van der Waals surface area contributed by atoms with Gasteiger partial charge < -0.3 is 14.8 Å². The average Bonchev–Trinajstić information content (AvgIpc) is 3.23. The highest BCUT2D eigenvalue weighted by Crippen LogP contribution is 2.29. The quantitative estimate of drug-likeness (QED) is 0.403. The number of rotatable bonds is 8. The van der Waals surface area contributed by atoms with Crippen LogP contribution in [-0.2, 0) is 9.53 Å². The minimum Gasteiger partial charge on any atom is -0.484 e. The first-order chi connectivity index (χ1) is 16.4. The van der Waals surface area contributed by atoms with Crippen molar-refractivity contribution in [3.05, 3.63) is 89.6 Å². The van der Waals surface area contributed by atoms with E-state index in [1.54, 1.807) is 55.1 Å². The predicted octanol–water partition coefficient (Wildman–Crippen LogP) is 4.88. The lowest BCUT2D eigenvalue weighted by Crippen LogP contribution is -2.40. The Hall–Kier alpha value is -3.78. The molecular formula is C26H25F2N3O3. The summed E-state index contributed by atoms with van der Waals surface area (Å²) >= 11 is 0. The largest absolute Gasteiger partial charge is 0.484 e. The van der Waals surface area contributed by atoms with Crippen LogP contribution in [0.15, 0.2) is 66.9 Å². The number of nitrogens with one attached hydrogen (secondary N) is 1. The zero-order chi connectivity index (χ0) is 24.2. The summed E-state index contributed by atoms with van der Waals surface area (Å²) in [5.41, 5.74) is 2.66. The summed E-state index contributed by atoms with van der Waals surface area (Å²) in [7, 11) is 1.44. The number of fused-ring (bicyclic) bond motifs is 1. The second-order valence-electron chi connectivity index (χ2n) is 8.09. The molecule has 34 heavy (non-hydrogen) atoms. The fourth-order valence-corrected chi connectivity index (χ4v) is 3.77. The first kappa shape index (κ1) is 23.4. The van der Waals surface area contributed by atoms with Crippen LogP contribution < -0.4 is 10.1 Å². The van der Waals surface area contributed by atoms with E-state index in [4.69, 9.17) is 9.47 Å². The Morgan fingerprint density at radius 3 is 2.56 bits per heavy atom. The molecule has 176 valence electrons. The number of ether oxygens (including phenoxy) is 2. The number of benzene rings is 3. The van der Waals surface area contributed by atoms with Gasteiger partial charge in [-0.25, -0.2) is 13.5 Å². The number of aryl methyl sites for hydroxylation is 1. The minimum absolute atomic E-state index is 0.0894. The Bertz CT molecular complexity index is 1300. The summed E-state index contributed by atoms with van der Waals surface area (Å²) in [5, 5.41) is 8.06. The molecule has 1 heterocycles. The maximum atomic E-state index is 14.3. The number of aromatic nitrogens is 2. The van der Waals surface area contributed by atoms with Gasteiger partial charge in [0.25, 0.3) is 0 Å². The SMILES string of the molecule is COCC(=O)NC(C)C(Oc1ccc2c(cnn2-c2ccc(F)cc2)c1)c1ccc(C)c(F)c1. The van der Waals surface area contributed by atoms with Crippen LogP contribution >= 0.6 is 0 Å². The fraction of sp³-hybridized carbons (Fsp3) is 0.231. The van der Waals surface area contributed by atoms with Crippen LogP contribution in [-0.4, -0.2) is 35.4 Å². The number of methoxy groups -OCH3 is 1. The Morgan fingerprint density at radius 1 is 1.09 bits per heavy atom. The Balaban J connectivity index is 1.64. The molecule has 2 atom stereocenters. The van der Waals surface area contributed by atoms with E-state index in [9.17, 15) is 13.6 Å². The van der Waals surface area contributed by atoms with Crippen LogP contribution in [0.25, 0.3) is 16.6 Å². The number of hydrogen-bond donors (Lipinski definition) is 1. The van der Waals surface area contributed by atoms with Gasteiger partial charge in [-0.05, 0) is 73.5 Å². The van der Waals surface area contributed by atoms with Crippen LogP contribution in [0, 0.1) is 18.6 Å². The maximum Gasteiger partial charge on any atom is 0.246 e. The molecule has 0 saturated carbocycles. The van der Waals surface area contributed by atoms with E-state index < -0.39 is 12.1 Å². The van der Waals surface area contributed by atoms with Gasteiger partial charge in [0.15, 0.2) is 0 Å². The standard InChI is InChI=1S/C26H25F2N3O3/c1-16-4-5-18(13-23(16)28)26(17(2)30-25(32)15-33-3)34-22-10-11-24-19(12-22)14-29-31(24)21-8-6-20(27)7-9-21/h4-14,17,26H,15H2,1-3H3,(H,30,32). The van der Waals surface area contributed by atoms with Gasteiger partial charge in [0.05, 0.1) is 23.4 Å². The average molecular weight is 466 g/mol. The smallest absolute Gasteiger partial charge is 0.246 e. The van der Waals surface area contributed by atoms with Gasteiger partial charge in [-0.3, -0.25) is 4.79 Å². The van der Waals surface area contributed by atoms with Gasteiger partial charge in [-0.15, -0.1) is 0 Å². The molecule has 8 heteroatoms. The molecule has 6 nitrogen and oxygen atoms in total. The molecule has 1 aromatic heterocycles. The molecule has 4 rings (SSSR count). The third-order valence-electron chi connectivity index (χ3n) is 5.52. The zero-order valence-corrected chi connectivity index (χ0v) is 19.1. The molecular weight excluding hydrogens is 440 g/mol. The molecule has 1 amide bonds. The molecule has 0 saturated heterocycles. The van der Waals surface area contributed by atoms with Crippen molar-refractivity contribution in [3.8, 4) is 11.4 Å². The molecule has 0 radical (unpaired) electrons. The van der Waals surface area contributed by atoms with E-state index in [0.29, 0.717) is 16.9 Å². The molecule has 0 spiro atoms. The topological polar surface area (TPSA) is 65.4 Å². The molecule has 0 bridgehead atoms. The molecule has 4 aromatic rings. The number of nitrogens with zero attached hydrogens (tertiary/aromatic N) is 2. The Morgan fingerprint density at radius 2 is 1.85 bits per heavy atom. The second-order valence-corrected chi connectivity index (χ2v) is 8.09. The summed E-state index contributed by atoms with van der Waals surface area (Å²) in [6.07, 6.45) is 1.04. The molecule has 3 aromatic carbocycles. The highest BCUT2D eigenvalue weighted by Gasteiger charge is 2.24. The number of halogens is 2. The van der Waals surface area contributed by atoms with E-state index in [1.807, 2.05) is 12.1 Å². The van der Waals surface area contributed by atoms with Crippen molar-refractivity contribution in [3.63, 3.8) is 0 Å². The lowest BCUT2D eigenvalue weighted by atomic mass is 10.0. The number of amides is 1. The monoisotopic (exact) mass is 465 g/mol. The van der Waals surface area contributed by atoms with Crippen molar-refractivity contribution in [1.29, 1.82) is 0 Å². The lowest BCUT2D eigenvalue weighted by Gasteiger charge is -2.27. The second kappa shape index (κ2) is 10.0.